The van der Waals surface area contributed by atoms with Crippen molar-refractivity contribution in [3.8, 4) is 5.75 Å². The van der Waals surface area contributed by atoms with Gasteiger partial charge in [0.25, 0.3) is 5.91 Å². The Balaban J connectivity index is 1.65. The van der Waals surface area contributed by atoms with Crippen molar-refractivity contribution in [3.05, 3.63) is 92.9 Å². The van der Waals surface area contributed by atoms with Crippen LogP contribution in [0.25, 0.3) is 0 Å². The number of hydrogen-bond acceptors (Lipinski definition) is 3. The number of amides is 1. The Morgan fingerprint density at radius 3 is 2.32 bits per heavy atom. The maximum Gasteiger partial charge on any atom is 0.262 e. The van der Waals surface area contributed by atoms with Crippen molar-refractivity contribution in [1.29, 1.82) is 0 Å². The van der Waals surface area contributed by atoms with Crippen LogP contribution in [0.2, 0.25) is 5.02 Å². The normalized spacial score (nSPS) is 11.1. The zero-order chi connectivity index (χ0) is 22.6. The number of carbonyl (C=O) groups excluding carboxylic acids is 2. The van der Waals surface area contributed by atoms with E-state index in [0.717, 1.165) is 5.56 Å². The lowest BCUT2D eigenvalue weighted by molar-refractivity contribution is -0.118. The Kier molecular flexibility index (Phi) is 7.19. The predicted molar refractivity (Wildman–Crippen MR) is 128 cm³/mol. The van der Waals surface area contributed by atoms with Gasteiger partial charge in [-0.3, -0.25) is 9.59 Å². The maximum atomic E-state index is 12.9. The van der Waals surface area contributed by atoms with Gasteiger partial charge in [0, 0.05) is 21.8 Å². The molecule has 0 atom stereocenters. The van der Waals surface area contributed by atoms with Gasteiger partial charge in [-0.2, -0.15) is 0 Å². The summed E-state index contributed by atoms with van der Waals surface area (Å²) in [5.41, 5.74) is 2.82. The molecule has 3 rings (SSSR count). The molecule has 1 amide bonds. The van der Waals surface area contributed by atoms with Gasteiger partial charge >= 0.3 is 0 Å². The van der Waals surface area contributed by atoms with Gasteiger partial charge < -0.3 is 10.1 Å². The van der Waals surface area contributed by atoms with Crippen molar-refractivity contribution >= 4 is 44.9 Å². The minimum atomic E-state index is -0.332. The third-order valence-electron chi connectivity index (χ3n) is 4.67. The van der Waals surface area contributed by atoms with Crippen LogP contribution in [0.15, 0.2) is 71.2 Å². The summed E-state index contributed by atoms with van der Waals surface area (Å²) in [4.78, 5) is 25.2. The molecule has 0 saturated carbocycles. The Bertz CT molecular complexity index is 1100. The molecule has 0 aliphatic carbocycles. The largest absolute Gasteiger partial charge is 0.483 e. The van der Waals surface area contributed by atoms with Gasteiger partial charge in [-0.15, -0.1) is 0 Å². The molecule has 3 aromatic carbocycles. The number of nitrogens with one attached hydrogen (secondary N) is 1. The Morgan fingerprint density at radius 1 is 0.968 bits per heavy atom. The van der Waals surface area contributed by atoms with Gasteiger partial charge in [0.15, 0.2) is 12.4 Å². The van der Waals surface area contributed by atoms with E-state index in [9.17, 15) is 9.59 Å². The molecule has 1 N–H and O–H groups in total. The summed E-state index contributed by atoms with van der Waals surface area (Å²) < 4.78 is 6.19. The van der Waals surface area contributed by atoms with Crippen molar-refractivity contribution in [2.24, 2.45) is 0 Å². The van der Waals surface area contributed by atoms with Crippen molar-refractivity contribution in [2.75, 3.05) is 11.9 Å². The molecule has 0 bridgehead atoms. The van der Waals surface area contributed by atoms with E-state index < -0.39 is 0 Å². The average Bonchev–Trinajstić information content (AvgIpc) is 2.72. The van der Waals surface area contributed by atoms with E-state index >= 15 is 0 Å². The molecule has 0 radical (unpaired) electrons. The lowest BCUT2D eigenvalue weighted by Crippen LogP contribution is -2.20. The number of carbonyl (C=O) groups is 2. The van der Waals surface area contributed by atoms with Crippen molar-refractivity contribution in [1.82, 2.24) is 0 Å². The fraction of sp³-hybridized carbons (Fsp3) is 0.200. The van der Waals surface area contributed by atoms with Crippen LogP contribution in [0.3, 0.4) is 0 Å². The fourth-order valence-electron chi connectivity index (χ4n) is 2.96. The Hall–Kier alpha value is -2.63. The number of ketones is 1. The first-order valence-corrected chi connectivity index (χ1v) is 10.9. The molecule has 6 heteroatoms. The highest BCUT2D eigenvalue weighted by Crippen LogP contribution is 2.28. The molecule has 0 fully saturated rings. The summed E-state index contributed by atoms with van der Waals surface area (Å²) in [6.45, 7) is 6.22. The van der Waals surface area contributed by atoms with Crippen molar-refractivity contribution < 1.29 is 14.3 Å². The lowest BCUT2D eigenvalue weighted by atomic mass is 9.86. The second-order valence-corrected chi connectivity index (χ2v) is 9.44. The van der Waals surface area contributed by atoms with Gasteiger partial charge in [-0.1, -0.05) is 68.8 Å². The number of halogens is 2. The van der Waals surface area contributed by atoms with Gasteiger partial charge in [-0.25, -0.2) is 0 Å². The number of ether oxygens (including phenoxy) is 1. The Labute approximate surface area is 195 Å². The zero-order valence-corrected chi connectivity index (χ0v) is 19.9. The monoisotopic (exact) mass is 499 g/mol. The van der Waals surface area contributed by atoms with Crippen LogP contribution in [0.5, 0.6) is 5.75 Å². The molecule has 0 aromatic heterocycles. The second kappa shape index (κ2) is 9.67. The standard InChI is InChI=1S/C25H23BrClNO3/c1-25(2,3)18-9-7-16(8-10-18)24(30)17-5-4-6-20(13-17)28-23(29)15-31-22-12-11-19(27)14-21(22)26/h4-14H,15H2,1-3H3,(H,28,29). The van der Waals surface area contributed by atoms with Crippen LogP contribution in [0.1, 0.15) is 42.3 Å². The van der Waals surface area contributed by atoms with E-state index in [1.54, 1.807) is 42.5 Å². The number of hydrogen-bond donors (Lipinski definition) is 1. The molecular weight excluding hydrogens is 478 g/mol. The van der Waals surface area contributed by atoms with E-state index in [1.807, 2.05) is 24.3 Å². The van der Waals surface area contributed by atoms with Gasteiger partial charge in [0.1, 0.15) is 5.75 Å². The summed E-state index contributed by atoms with van der Waals surface area (Å²) in [6, 6.07) is 19.6. The first-order chi connectivity index (χ1) is 14.6. The zero-order valence-electron chi connectivity index (χ0n) is 17.5. The number of anilines is 1. The molecule has 0 spiro atoms. The number of rotatable bonds is 6. The maximum absolute atomic E-state index is 12.9. The van der Waals surface area contributed by atoms with E-state index in [1.165, 1.54) is 0 Å². The van der Waals surface area contributed by atoms with Gasteiger partial charge in [0.2, 0.25) is 0 Å². The van der Waals surface area contributed by atoms with E-state index in [0.29, 0.717) is 32.1 Å². The third kappa shape index (κ3) is 6.18. The summed E-state index contributed by atoms with van der Waals surface area (Å²) in [6.07, 6.45) is 0. The van der Waals surface area contributed by atoms with E-state index in [4.69, 9.17) is 16.3 Å². The highest BCUT2D eigenvalue weighted by atomic mass is 79.9. The van der Waals surface area contributed by atoms with Gasteiger partial charge in [-0.05, 0) is 57.2 Å². The molecule has 4 nitrogen and oxygen atoms in total. The molecule has 0 saturated heterocycles. The quantitative estimate of drug-likeness (QED) is 0.386. The van der Waals surface area contributed by atoms with E-state index in [-0.39, 0.29) is 23.7 Å². The summed E-state index contributed by atoms with van der Waals surface area (Å²) in [5, 5.41) is 3.33. The van der Waals surface area contributed by atoms with Gasteiger partial charge in [0.05, 0.1) is 4.47 Å². The molecular formula is C25H23BrClNO3. The average molecular weight is 501 g/mol. The van der Waals surface area contributed by atoms with Crippen LogP contribution in [-0.2, 0) is 10.2 Å². The predicted octanol–water partition coefficient (Wildman–Crippen LogP) is 6.65. The summed E-state index contributed by atoms with van der Waals surface area (Å²) >= 11 is 9.25. The van der Waals surface area contributed by atoms with E-state index in [2.05, 4.69) is 42.0 Å². The Morgan fingerprint density at radius 2 is 1.68 bits per heavy atom. The van der Waals surface area contributed by atoms with Crippen molar-refractivity contribution in [3.63, 3.8) is 0 Å². The van der Waals surface area contributed by atoms with Crippen molar-refractivity contribution in [2.45, 2.75) is 26.2 Å². The minimum Gasteiger partial charge on any atom is -0.483 e. The smallest absolute Gasteiger partial charge is 0.262 e. The highest BCUT2D eigenvalue weighted by molar-refractivity contribution is 9.10. The SMILES string of the molecule is CC(C)(C)c1ccc(C(=O)c2cccc(NC(=O)COc3ccc(Cl)cc3Br)c2)cc1. The van der Waals surface area contributed by atoms with Crippen LogP contribution in [0.4, 0.5) is 5.69 Å². The first-order valence-electron chi connectivity index (χ1n) is 9.76. The minimum absolute atomic E-state index is 0.0233. The molecule has 0 unspecified atom stereocenters. The molecule has 160 valence electrons. The van der Waals surface area contributed by atoms with Crippen LogP contribution < -0.4 is 10.1 Å². The van der Waals surface area contributed by atoms with Crippen LogP contribution >= 0.6 is 27.5 Å². The fourth-order valence-corrected chi connectivity index (χ4v) is 3.76. The van der Waals surface area contributed by atoms with Crippen LogP contribution in [-0.4, -0.2) is 18.3 Å². The molecule has 0 aliphatic heterocycles. The first kappa shape index (κ1) is 23.0. The number of benzene rings is 3. The molecule has 31 heavy (non-hydrogen) atoms. The molecule has 3 aromatic rings. The third-order valence-corrected chi connectivity index (χ3v) is 5.53. The van der Waals surface area contributed by atoms with Crippen LogP contribution in [0, 0.1) is 0 Å². The second-order valence-electron chi connectivity index (χ2n) is 8.15. The highest BCUT2D eigenvalue weighted by Gasteiger charge is 2.15. The molecule has 0 aliphatic rings. The summed E-state index contributed by atoms with van der Waals surface area (Å²) in [7, 11) is 0. The summed E-state index contributed by atoms with van der Waals surface area (Å²) in [5.74, 6) is 0.0843. The topological polar surface area (TPSA) is 55.4 Å². The lowest BCUT2D eigenvalue weighted by Gasteiger charge is -2.19. The molecule has 0 heterocycles.